The van der Waals surface area contributed by atoms with Crippen molar-refractivity contribution in [2.24, 2.45) is 7.05 Å². The summed E-state index contributed by atoms with van der Waals surface area (Å²) in [5.74, 6) is 0.635. The first-order chi connectivity index (χ1) is 17.7. The van der Waals surface area contributed by atoms with Gasteiger partial charge in [-0.15, -0.1) is 5.10 Å². The lowest BCUT2D eigenvalue weighted by Gasteiger charge is -2.32. The fourth-order valence-electron chi connectivity index (χ4n) is 4.37. The van der Waals surface area contributed by atoms with Crippen molar-refractivity contribution < 1.29 is 14.0 Å². The molecule has 0 radical (unpaired) electrons. The minimum absolute atomic E-state index is 0.145. The number of ether oxygens (including phenoxy) is 1. The fraction of sp³-hybridized carbons (Fsp3) is 0.522. The Morgan fingerprint density at radius 1 is 1.03 bits per heavy atom. The van der Waals surface area contributed by atoms with Crippen molar-refractivity contribution in [1.82, 2.24) is 44.7 Å². The van der Waals surface area contributed by atoms with Gasteiger partial charge in [-0.05, 0) is 27.7 Å². The Morgan fingerprint density at radius 3 is 2.49 bits per heavy atom. The molecule has 37 heavy (non-hydrogen) atoms. The summed E-state index contributed by atoms with van der Waals surface area (Å²) >= 11 is 0. The quantitative estimate of drug-likeness (QED) is 0.355. The van der Waals surface area contributed by atoms with E-state index in [-0.39, 0.29) is 6.10 Å². The zero-order valence-electron chi connectivity index (χ0n) is 21.6. The van der Waals surface area contributed by atoms with Crippen LogP contribution in [-0.2, 0) is 27.6 Å². The van der Waals surface area contributed by atoms with Crippen LogP contribution in [0.15, 0.2) is 31.0 Å². The molecule has 6 rings (SSSR count). The Kier molecular flexibility index (Phi) is 5.69. The van der Waals surface area contributed by atoms with Gasteiger partial charge < -0.3 is 18.9 Å². The zero-order valence-corrected chi connectivity index (χ0v) is 21.6. The summed E-state index contributed by atoms with van der Waals surface area (Å²) in [4.78, 5) is 20.5. The number of fused-ring (bicyclic) bond motifs is 1. The second kappa shape index (κ2) is 8.82. The highest BCUT2D eigenvalue weighted by atomic mass is 16.7. The fourth-order valence-corrected chi connectivity index (χ4v) is 4.37. The molecule has 13 nitrogen and oxygen atoms in total. The molecule has 0 spiro atoms. The molecule has 4 aromatic rings. The molecule has 0 saturated carbocycles. The average molecular weight is 504 g/mol. The van der Waals surface area contributed by atoms with Crippen LogP contribution in [-0.4, -0.2) is 88.8 Å². The maximum atomic E-state index is 6.12. The lowest BCUT2D eigenvalue weighted by molar-refractivity contribution is 0.00578. The first-order valence-corrected chi connectivity index (χ1v) is 12.3. The predicted molar refractivity (Wildman–Crippen MR) is 135 cm³/mol. The summed E-state index contributed by atoms with van der Waals surface area (Å²) in [6, 6.07) is 0. The van der Waals surface area contributed by atoms with Gasteiger partial charge in [-0.3, -0.25) is 4.68 Å². The highest BCUT2D eigenvalue weighted by Gasteiger charge is 2.52. The van der Waals surface area contributed by atoms with Crippen LogP contribution in [0.25, 0.3) is 22.6 Å². The van der Waals surface area contributed by atoms with Crippen LogP contribution in [0.5, 0.6) is 0 Å². The molecule has 0 N–H and O–H groups in total. The third kappa shape index (κ3) is 4.45. The van der Waals surface area contributed by atoms with E-state index in [2.05, 4.69) is 35.3 Å². The Labute approximate surface area is 214 Å². The van der Waals surface area contributed by atoms with Crippen LogP contribution >= 0.6 is 0 Å². The molecule has 2 aliphatic heterocycles. The molecule has 1 unspecified atom stereocenters. The number of nitrogens with zero attached hydrogens (tertiary/aromatic N) is 10. The molecule has 192 valence electrons. The van der Waals surface area contributed by atoms with E-state index in [9.17, 15) is 0 Å². The maximum Gasteiger partial charge on any atom is 0.498 e. The number of rotatable bonds is 5. The van der Waals surface area contributed by atoms with Gasteiger partial charge in [-0.25, -0.2) is 24.6 Å². The van der Waals surface area contributed by atoms with Crippen LogP contribution in [0.1, 0.15) is 27.7 Å². The maximum absolute atomic E-state index is 6.12. The molecule has 4 aromatic heterocycles. The van der Waals surface area contributed by atoms with Gasteiger partial charge in [-0.1, -0.05) is 5.21 Å². The van der Waals surface area contributed by atoms with Crippen LogP contribution in [0.4, 0.5) is 5.95 Å². The first kappa shape index (κ1) is 23.9. The largest absolute Gasteiger partial charge is 0.498 e. The number of aryl methyl sites for hydroxylation is 1. The van der Waals surface area contributed by atoms with Gasteiger partial charge in [0.25, 0.3) is 0 Å². The lowest BCUT2D eigenvalue weighted by atomic mass is 9.81. The molecular weight excluding hydrogens is 475 g/mol. The summed E-state index contributed by atoms with van der Waals surface area (Å²) in [6.45, 7) is 10.4. The first-order valence-electron chi connectivity index (χ1n) is 12.3. The standard InChI is InChI=1S/C23H29BN10O3/c1-22(2)23(3,4)37-24(36-22)16-9-26-21(27-10-16)33-6-7-35-17(13-33)14-34-20-19(30-31-34)25-11-18(29-20)15-8-28-32(5)12-15/h8-12,17H,6-7,13-14H2,1-5H3. The highest BCUT2D eigenvalue weighted by molar-refractivity contribution is 6.61. The Morgan fingerprint density at radius 2 is 1.78 bits per heavy atom. The van der Waals surface area contributed by atoms with Crippen LogP contribution < -0.4 is 10.4 Å². The topological polar surface area (TPSA) is 131 Å². The van der Waals surface area contributed by atoms with Gasteiger partial charge in [0.15, 0.2) is 5.65 Å². The van der Waals surface area contributed by atoms with Gasteiger partial charge >= 0.3 is 7.12 Å². The van der Waals surface area contributed by atoms with Crippen molar-refractivity contribution in [2.45, 2.75) is 51.5 Å². The Balaban J connectivity index is 1.15. The van der Waals surface area contributed by atoms with Crippen LogP contribution in [0.3, 0.4) is 0 Å². The normalized spacial score (nSPS) is 21.2. The van der Waals surface area contributed by atoms with Gasteiger partial charge in [-0.2, -0.15) is 5.10 Å². The van der Waals surface area contributed by atoms with Crippen molar-refractivity contribution in [3.05, 3.63) is 31.0 Å². The lowest BCUT2D eigenvalue weighted by Crippen LogP contribution is -2.45. The Bertz CT molecular complexity index is 1400. The second-order valence-corrected chi connectivity index (χ2v) is 10.4. The monoisotopic (exact) mass is 504 g/mol. The molecular formula is C23H29BN10O3. The second-order valence-electron chi connectivity index (χ2n) is 10.4. The van der Waals surface area contributed by atoms with Crippen molar-refractivity contribution in [1.29, 1.82) is 0 Å². The van der Waals surface area contributed by atoms with Crippen molar-refractivity contribution >= 4 is 29.8 Å². The number of aromatic nitrogens is 9. The zero-order chi connectivity index (χ0) is 25.8. The minimum Gasteiger partial charge on any atom is -0.399 e. The van der Waals surface area contributed by atoms with E-state index in [0.717, 1.165) is 11.0 Å². The van der Waals surface area contributed by atoms with Gasteiger partial charge in [0.2, 0.25) is 11.6 Å². The van der Waals surface area contributed by atoms with E-state index in [0.29, 0.717) is 49.2 Å². The van der Waals surface area contributed by atoms with E-state index in [1.165, 1.54) is 0 Å². The molecule has 0 aliphatic carbocycles. The molecule has 6 heterocycles. The summed E-state index contributed by atoms with van der Waals surface area (Å²) < 4.78 is 21.7. The number of hydrogen-bond donors (Lipinski definition) is 0. The summed E-state index contributed by atoms with van der Waals surface area (Å²) in [6.07, 6.45) is 8.73. The SMILES string of the molecule is Cn1cc(-c2cnc3nnn(CC4CN(c5ncc(B6OC(C)(C)C(C)(C)O6)cn5)CCO4)c3n2)cn1. The van der Waals surface area contributed by atoms with E-state index >= 15 is 0 Å². The molecule has 0 aromatic carbocycles. The average Bonchev–Trinajstić information content (AvgIpc) is 3.55. The minimum atomic E-state index is -0.491. The van der Waals surface area contributed by atoms with Gasteiger partial charge in [0.1, 0.15) is 0 Å². The summed E-state index contributed by atoms with van der Waals surface area (Å²) in [5, 5.41) is 12.7. The molecule has 1 atom stereocenters. The van der Waals surface area contributed by atoms with E-state index < -0.39 is 18.3 Å². The summed E-state index contributed by atoms with van der Waals surface area (Å²) in [5.41, 5.74) is 2.65. The van der Waals surface area contributed by atoms with Crippen molar-refractivity contribution in [3.63, 3.8) is 0 Å². The van der Waals surface area contributed by atoms with Crippen LogP contribution in [0.2, 0.25) is 0 Å². The van der Waals surface area contributed by atoms with E-state index in [1.54, 1.807) is 34.2 Å². The molecule has 2 saturated heterocycles. The third-order valence-electron chi connectivity index (χ3n) is 7.21. The number of anilines is 1. The number of hydrogen-bond acceptors (Lipinski definition) is 11. The number of morpholine rings is 1. The smallest absolute Gasteiger partial charge is 0.399 e. The van der Waals surface area contributed by atoms with E-state index in [1.807, 2.05) is 40.9 Å². The predicted octanol–water partition coefficient (Wildman–Crippen LogP) is 0.616. The van der Waals surface area contributed by atoms with Gasteiger partial charge in [0.05, 0.1) is 48.5 Å². The van der Waals surface area contributed by atoms with Crippen LogP contribution in [0, 0.1) is 0 Å². The molecule has 2 fully saturated rings. The third-order valence-corrected chi connectivity index (χ3v) is 7.21. The molecule has 0 amide bonds. The molecule has 0 bridgehead atoms. The highest BCUT2D eigenvalue weighted by Crippen LogP contribution is 2.36. The Hall–Kier alpha value is -3.49. The van der Waals surface area contributed by atoms with Crippen molar-refractivity contribution in [3.8, 4) is 11.3 Å². The van der Waals surface area contributed by atoms with Gasteiger partial charge in [0, 0.05) is 49.8 Å². The summed E-state index contributed by atoms with van der Waals surface area (Å²) in [7, 11) is 1.37. The molecule has 2 aliphatic rings. The van der Waals surface area contributed by atoms with E-state index in [4.69, 9.17) is 19.0 Å². The van der Waals surface area contributed by atoms with Crippen molar-refractivity contribution in [2.75, 3.05) is 24.6 Å². The molecule has 14 heteroatoms.